The Labute approximate surface area is 98.2 Å². The van der Waals surface area contributed by atoms with Gasteiger partial charge >= 0.3 is 5.97 Å². The van der Waals surface area contributed by atoms with Crippen LogP contribution < -0.4 is 5.73 Å². The minimum atomic E-state index is -1.19. The second-order valence-corrected chi connectivity index (χ2v) is 3.98. The number of carboxylic acid groups (broad SMARTS) is 1. The average molecular weight is 238 g/mol. The van der Waals surface area contributed by atoms with Crippen LogP contribution >= 0.6 is 0 Å². The van der Waals surface area contributed by atoms with Gasteiger partial charge in [-0.3, -0.25) is 14.9 Å². The zero-order chi connectivity index (χ0) is 13.1. The number of benzene rings is 1. The van der Waals surface area contributed by atoms with E-state index in [0.29, 0.717) is 5.56 Å². The highest BCUT2D eigenvalue weighted by atomic mass is 16.6. The fourth-order valence-electron chi connectivity index (χ4n) is 1.63. The lowest BCUT2D eigenvalue weighted by Crippen LogP contribution is -2.34. The van der Waals surface area contributed by atoms with Gasteiger partial charge in [-0.1, -0.05) is 12.1 Å². The van der Waals surface area contributed by atoms with Gasteiger partial charge in [-0.05, 0) is 25.5 Å². The number of hydrogen-bond donors (Lipinski definition) is 2. The molecule has 0 aliphatic carbocycles. The van der Waals surface area contributed by atoms with E-state index >= 15 is 0 Å². The number of non-ortho nitro benzene ring substituents is 1. The predicted molar refractivity (Wildman–Crippen MR) is 61.8 cm³/mol. The zero-order valence-corrected chi connectivity index (χ0v) is 9.42. The van der Waals surface area contributed by atoms with Crippen molar-refractivity contribution in [3.63, 3.8) is 0 Å². The highest BCUT2D eigenvalue weighted by molar-refractivity contribution is 5.81. The lowest BCUT2D eigenvalue weighted by molar-refractivity contribution is -0.384. The number of carboxylic acids is 1. The van der Waals surface area contributed by atoms with Gasteiger partial charge < -0.3 is 10.8 Å². The van der Waals surface area contributed by atoms with Crippen LogP contribution in [0.15, 0.2) is 24.3 Å². The number of aliphatic carboxylic acids is 1. The van der Waals surface area contributed by atoms with Gasteiger partial charge in [0.15, 0.2) is 0 Å². The smallest absolute Gasteiger partial charge is 0.313 e. The van der Waals surface area contributed by atoms with Crippen LogP contribution in [0.5, 0.6) is 0 Å². The van der Waals surface area contributed by atoms with Crippen LogP contribution in [0.4, 0.5) is 5.69 Å². The normalized spacial score (nSPS) is 14.0. The van der Waals surface area contributed by atoms with E-state index in [9.17, 15) is 20.0 Å². The molecule has 1 aromatic rings. The number of hydrogen-bond acceptors (Lipinski definition) is 4. The molecule has 0 radical (unpaired) electrons. The van der Waals surface area contributed by atoms with Crippen molar-refractivity contribution in [1.29, 1.82) is 0 Å². The Kier molecular flexibility index (Phi) is 3.80. The molecule has 0 fully saturated rings. The Morgan fingerprint density at radius 3 is 2.71 bits per heavy atom. The van der Waals surface area contributed by atoms with E-state index in [2.05, 4.69) is 0 Å². The molecular formula is C11H14N2O4. The Morgan fingerprint density at radius 1 is 1.59 bits per heavy atom. The van der Waals surface area contributed by atoms with E-state index in [1.54, 1.807) is 6.07 Å². The second kappa shape index (κ2) is 4.92. The maximum atomic E-state index is 11.3. The van der Waals surface area contributed by atoms with Gasteiger partial charge in [0.05, 0.1) is 10.3 Å². The highest BCUT2D eigenvalue weighted by Gasteiger charge is 2.35. The maximum Gasteiger partial charge on any atom is 0.313 e. The Hall–Kier alpha value is -1.95. The first-order valence-electron chi connectivity index (χ1n) is 5.10. The number of nitro benzene ring substituents is 1. The first-order chi connectivity index (χ1) is 7.91. The summed E-state index contributed by atoms with van der Waals surface area (Å²) in [6.07, 6.45) is 0.226. The van der Waals surface area contributed by atoms with Crippen molar-refractivity contribution in [2.24, 2.45) is 5.73 Å². The van der Waals surface area contributed by atoms with Crippen LogP contribution in [0, 0.1) is 10.1 Å². The molecule has 0 aliphatic heterocycles. The molecule has 1 aromatic carbocycles. The average Bonchev–Trinajstić information content (AvgIpc) is 2.29. The third kappa shape index (κ3) is 2.59. The molecule has 6 nitrogen and oxygen atoms in total. The predicted octanol–water partition coefficient (Wildman–Crippen LogP) is 1.29. The summed E-state index contributed by atoms with van der Waals surface area (Å²) in [6.45, 7) is 1.72. The third-order valence-electron chi connectivity index (χ3n) is 2.81. The van der Waals surface area contributed by atoms with Gasteiger partial charge in [0.25, 0.3) is 5.69 Å². The van der Waals surface area contributed by atoms with E-state index in [-0.39, 0.29) is 18.7 Å². The molecule has 0 spiro atoms. The van der Waals surface area contributed by atoms with Gasteiger partial charge in [-0.15, -0.1) is 0 Å². The van der Waals surface area contributed by atoms with Gasteiger partial charge in [0, 0.05) is 12.1 Å². The van der Waals surface area contributed by atoms with E-state index < -0.39 is 16.3 Å². The van der Waals surface area contributed by atoms with E-state index in [1.165, 1.54) is 25.1 Å². The van der Waals surface area contributed by atoms with Crippen molar-refractivity contribution in [3.05, 3.63) is 39.9 Å². The largest absolute Gasteiger partial charge is 0.481 e. The fraction of sp³-hybridized carbons (Fsp3) is 0.364. The van der Waals surface area contributed by atoms with Crippen molar-refractivity contribution in [1.82, 2.24) is 0 Å². The summed E-state index contributed by atoms with van der Waals surface area (Å²) in [4.78, 5) is 21.4. The Bertz CT molecular complexity index is 447. The number of nitrogens with two attached hydrogens (primary N) is 1. The number of rotatable bonds is 5. The molecule has 0 saturated carbocycles. The molecule has 3 N–H and O–H groups in total. The molecule has 1 rings (SSSR count). The minimum absolute atomic E-state index is 0.119. The number of nitro groups is 1. The molecule has 0 amide bonds. The van der Waals surface area contributed by atoms with Crippen LogP contribution in [0.2, 0.25) is 0 Å². The Balaban J connectivity index is 3.24. The third-order valence-corrected chi connectivity index (χ3v) is 2.81. The molecule has 1 atom stereocenters. The molecule has 6 heteroatoms. The van der Waals surface area contributed by atoms with E-state index in [1.807, 2.05) is 0 Å². The summed E-state index contributed by atoms with van der Waals surface area (Å²) >= 11 is 0. The first kappa shape index (κ1) is 13.1. The van der Waals surface area contributed by atoms with Crippen molar-refractivity contribution in [2.45, 2.75) is 18.8 Å². The summed E-state index contributed by atoms with van der Waals surface area (Å²) in [5.74, 6) is -1.04. The standard InChI is InChI=1S/C11H14N2O4/c1-11(5-6-12,10(14)15)8-3-2-4-9(7-8)13(16)17/h2-4,7H,5-6,12H2,1H3,(H,14,15). The summed E-state index contributed by atoms with van der Waals surface area (Å²) in [6, 6.07) is 5.65. The SMILES string of the molecule is CC(CCN)(C(=O)O)c1cccc([N+](=O)[O-])c1. The van der Waals surface area contributed by atoms with E-state index in [0.717, 1.165) is 0 Å². The van der Waals surface area contributed by atoms with Crippen molar-refractivity contribution in [2.75, 3.05) is 6.54 Å². The number of nitrogens with zero attached hydrogens (tertiary/aromatic N) is 1. The van der Waals surface area contributed by atoms with Gasteiger partial charge in [0.2, 0.25) is 0 Å². The molecule has 92 valence electrons. The maximum absolute atomic E-state index is 11.3. The van der Waals surface area contributed by atoms with Crippen LogP contribution in [-0.4, -0.2) is 22.5 Å². The topological polar surface area (TPSA) is 106 Å². The summed E-state index contributed by atoms with van der Waals surface area (Å²) in [5.41, 5.74) is 4.47. The zero-order valence-electron chi connectivity index (χ0n) is 9.42. The minimum Gasteiger partial charge on any atom is -0.481 e. The second-order valence-electron chi connectivity index (χ2n) is 3.98. The lowest BCUT2D eigenvalue weighted by Gasteiger charge is -2.24. The molecule has 1 unspecified atom stereocenters. The summed E-state index contributed by atoms with van der Waals surface area (Å²) in [5, 5.41) is 19.9. The van der Waals surface area contributed by atoms with Crippen LogP contribution in [0.25, 0.3) is 0 Å². The highest BCUT2D eigenvalue weighted by Crippen LogP contribution is 2.29. The van der Waals surface area contributed by atoms with Gasteiger partial charge in [-0.25, -0.2) is 0 Å². The molecule has 0 heterocycles. The lowest BCUT2D eigenvalue weighted by atomic mass is 9.79. The summed E-state index contributed by atoms with van der Waals surface area (Å²) in [7, 11) is 0. The van der Waals surface area contributed by atoms with Crippen LogP contribution in [0.3, 0.4) is 0 Å². The first-order valence-corrected chi connectivity index (χ1v) is 5.10. The van der Waals surface area contributed by atoms with Crippen molar-refractivity contribution >= 4 is 11.7 Å². The molecule has 0 bridgehead atoms. The monoisotopic (exact) mass is 238 g/mol. The summed E-state index contributed by atoms with van der Waals surface area (Å²) < 4.78 is 0. The van der Waals surface area contributed by atoms with Crippen molar-refractivity contribution < 1.29 is 14.8 Å². The van der Waals surface area contributed by atoms with Crippen molar-refractivity contribution in [3.8, 4) is 0 Å². The van der Waals surface area contributed by atoms with Gasteiger partial charge in [-0.2, -0.15) is 0 Å². The molecular weight excluding hydrogens is 224 g/mol. The molecule has 17 heavy (non-hydrogen) atoms. The molecule has 0 aliphatic rings. The molecule has 0 saturated heterocycles. The van der Waals surface area contributed by atoms with E-state index in [4.69, 9.17) is 5.73 Å². The quantitative estimate of drug-likeness (QED) is 0.593. The molecule has 0 aromatic heterocycles. The Morgan fingerprint density at radius 2 is 2.24 bits per heavy atom. The van der Waals surface area contributed by atoms with Crippen LogP contribution in [0.1, 0.15) is 18.9 Å². The van der Waals surface area contributed by atoms with Crippen LogP contribution in [-0.2, 0) is 10.2 Å². The fourth-order valence-corrected chi connectivity index (χ4v) is 1.63. The van der Waals surface area contributed by atoms with Gasteiger partial charge in [0.1, 0.15) is 0 Å². The number of carbonyl (C=O) groups is 1.